The summed E-state index contributed by atoms with van der Waals surface area (Å²) in [6.07, 6.45) is 6.53. The van der Waals surface area contributed by atoms with E-state index in [1.165, 1.54) is 6.07 Å². The summed E-state index contributed by atoms with van der Waals surface area (Å²) in [6.45, 7) is 0. The Balaban J connectivity index is 2.83. The van der Waals surface area contributed by atoms with Crippen molar-refractivity contribution in [2.45, 2.75) is 18.9 Å². The first-order valence-electron chi connectivity index (χ1n) is 4.53. The molecule has 15 heavy (non-hydrogen) atoms. The zero-order valence-corrected chi connectivity index (χ0v) is 9.72. The molecule has 0 radical (unpaired) electrons. The summed E-state index contributed by atoms with van der Waals surface area (Å²) in [4.78, 5) is 0. The summed E-state index contributed by atoms with van der Waals surface area (Å²) in [5.41, 5.74) is 3.58. The van der Waals surface area contributed by atoms with Crippen LogP contribution in [0.1, 0.15) is 24.4 Å². The van der Waals surface area contributed by atoms with Crippen molar-refractivity contribution in [3.63, 3.8) is 0 Å². The minimum atomic E-state index is -0.286. The van der Waals surface area contributed by atoms with Gasteiger partial charge in [-0.1, -0.05) is 6.07 Å². The molecule has 0 aliphatic rings. The van der Waals surface area contributed by atoms with Crippen LogP contribution in [0.4, 0.5) is 4.39 Å². The van der Waals surface area contributed by atoms with Gasteiger partial charge in [0.15, 0.2) is 0 Å². The minimum Gasteiger partial charge on any atom is -0.271 e. The fourth-order valence-corrected chi connectivity index (χ4v) is 1.70. The molecule has 1 rings (SSSR count). The number of nitrogens with two attached hydrogens (primary N) is 1. The Morgan fingerprint density at radius 2 is 2.33 bits per heavy atom. The normalized spacial score (nSPS) is 12.1. The number of hydrogen-bond donors (Lipinski definition) is 2. The van der Waals surface area contributed by atoms with Gasteiger partial charge in [-0.25, -0.2) is 4.39 Å². The van der Waals surface area contributed by atoms with Crippen LogP contribution >= 0.6 is 15.9 Å². The Hall–Kier alpha value is -0.890. The largest absolute Gasteiger partial charge is 0.271 e. The van der Waals surface area contributed by atoms with Crippen LogP contribution in [-0.2, 0) is 0 Å². The van der Waals surface area contributed by atoms with Crippen molar-refractivity contribution >= 4 is 15.9 Å². The van der Waals surface area contributed by atoms with E-state index >= 15 is 0 Å². The van der Waals surface area contributed by atoms with Crippen LogP contribution in [0.3, 0.4) is 0 Å². The van der Waals surface area contributed by atoms with E-state index in [2.05, 4.69) is 27.3 Å². The predicted molar refractivity (Wildman–Crippen MR) is 62.2 cm³/mol. The molecule has 3 N–H and O–H groups in total. The zero-order valence-electron chi connectivity index (χ0n) is 8.13. The third-order valence-corrected chi connectivity index (χ3v) is 2.73. The SMILES string of the molecule is C#CCCC(NN)c1ccc(F)c(Br)c1. The Labute approximate surface area is 97.1 Å². The molecule has 1 aromatic rings. The molecule has 0 heterocycles. The molecule has 0 amide bonds. The van der Waals surface area contributed by atoms with Crippen LogP contribution < -0.4 is 11.3 Å². The fourth-order valence-electron chi connectivity index (χ4n) is 1.30. The number of halogens is 2. The van der Waals surface area contributed by atoms with E-state index in [-0.39, 0.29) is 11.9 Å². The van der Waals surface area contributed by atoms with Crippen molar-refractivity contribution in [1.82, 2.24) is 5.43 Å². The van der Waals surface area contributed by atoms with Gasteiger partial charge in [0.05, 0.1) is 4.47 Å². The monoisotopic (exact) mass is 270 g/mol. The summed E-state index contributed by atoms with van der Waals surface area (Å²) in [5.74, 6) is 7.67. The van der Waals surface area contributed by atoms with E-state index < -0.39 is 0 Å². The third kappa shape index (κ3) is 3.31. The topological polar surface area (TPSA) is 38.0 Å². The molecule has 1 unspecified atom stereocenters. The molecule has 0 spiro atoms. The molecule has 1 aromatic carbocycles. The second-order valence-electron chi connectivity index (χ2n) is 3.14. The van der Waals surface area contributed by atoms with Gasteiger partial charge in [0, 0.05) is 12.5 Å². The Kier molecular flexibility index (Phi) is 4.76. The number of terminal acetylenes is 1. The maximum Gasteiger partial charge on any atom is 0.137 e. The third-order valence-electron chi connectivity index (χ3n) is 2.12. The van der Waals surface area contributed by atoms with Crippen molar-refractivity contribution in [3.8, 4) is 12.3 Å². The summed E-state index contributed by atoms with van der Waals surface area (Å²) in [6, 6.07) is 4.76. The molecule has 80 valence electrons. The highest BCUT2D eigenvalue weighted by atomic mass is 79.9. The highest BCUT2D eigenvalue weighted by Crippen LogP contribution is 2.23. The zero-order chi connectivity index (χ0) is 11.3. The van der Waals surface area contributed by atoms with Gasteiger partial charge in [0.1, 0.15) is 5.82 Å². The van der Waals surface area contributed by atoms with E-state index in [1.54, 1.807) is 12.1 Å². The predicted octanol–water partition coefficient (Wildman–Crippen LogP) is 2.51. The van der Waals surface area contributed by atoms with E-state index in [0.29, 0.717) is 10.9 Å². The summed E-state index contributed by atoms with van der Waals surface area (Å²) in [5, 5.41) is 0. The number of benzene rings is 1. The molecule has 0 aromatic heterocycles. The molecule has 0 aliphatic carbocycles. The average Bonchev–Trinajstić information content (AvgIpc) is 2.24. The lowest BCUT2D eigenvalue weighted by Crippen LogP contribution is -2.27. The molecule has 1 atom stereocenters. The summed E-state index contributed by atoms with van der Waals surface area (Å²) >= 11 is 3.13. The van der Waals surface area contributed by atoms with Crippen molar-refractivity contribution in [2.75, 3.05) is 0 Å². The van der Waals surface area contributed by atoms with Gasteiger partial charge in [0.25, 0.3) is 0 Å². The first-order chi connectivity index (χ1) is 7.19. The molecule has 2 nitrogen and oxygen atoms in total. The lowest BCUT2D eigenvalue weighted by molar-refractivity contribution is 0.521. The minimum absolute atomic E-state index is 0.0436. The van der Waals surface area contributed by atoms with E-state index in [0.717, 1.165) is 12.0 Å². The van der Waals surface area contributed by atoms with Crippen LogP contribution in [0.25, 0.3) is 0 Å². The van der Waals surface area contributed by atoms with Crippen LogP contribution in [0.2, 0.25) is 0 Å². The van der Waals surface area contributed by atoms with Gasteiger partial charge < -0.3 is 0 Å². The Morgan fingerprint density at radius 3 is 2.87 bits per heavy atom. The molecular formula is C11H12BrFN2. The van der Waals surface area contributed by atoms with Gasteiger partial charge in [0.2, 0.25) is 0 Å². The second kappa shape index (κ2) is 5.86. The fraction of sp³-hybridized carbons (Fsp3) is 0.273. The molecule has 0 saturated heterocycles. The lowest BCUT2D eigenvalue weighted by atomic mass is 10.0. The van der Waals surface area contributed by atoms with Crippen LogP contribution in [0.15, 0.2) is 22.7 Å². The molecule has 0 fully saturated rings. The number of nitrogens with one attached hydrogen (secondary N) is 1. The second-order valence-corrected chi connectivity index (χ2v) is 3.99. The van der Waals surface area contributed by atoms with Gasteiger partial charge in [-0.2, -0.15) is 0 Å². The lowest BCUT2D eigenvalue weighted by Gasteiger charge is -2.15. The van der Waals surface area contributed by atoms with Gasteiger partial charge >= 0.3 is 0 Å². The van der Waals surface area contributed by atoms with Crippen molar-refractivity contribution < 1.29 is 4.39 Å². The number of hydrazine groups is 1. The highest BCUT2D eigenvalue weighted by Gasteiger charge is 2.10. The maximum atomic E-state index is 13.0. The van der Waals surface area contributed by atoms with Crippen LogP contribution in [0, 0.1) is 18.2 Å². The highest BCUT2D eigenvalue weighted by molar-refractivity contribution is 9.10. The standard InChI is InChI=1S/C11H12BrFN2/c1-2-3-4-11(15-14)8-5-6-10(13)9(12)7-8/h1,5-7,11,15H,3-4,14H2. The quantitative estimate of drug-likeness (QED) is 0.501. The first kappa shape index (κ1) is 12.2. The van der Waals surface area contributed by atoms with E-state index in [1.807, 2.05) is 0 Å². The molecule has 0 saturated carbocycles. The van der Waals surface area contributed by atoms with Crippen molar-refractivity contribution in [1.29, 1.82) is 0 Å². The average molecular weight is 271 g/mol. The summed E-state index contributed by atoms with van der Waals surface area (Å²) in [7, 11) is 0. The van der Waals surface area contributed by atoms with Gasteiger partial charge in [-0.3, -0.25) is 11.3 Å². The molecule has 4 heteroatoms. The van der Waals surface area contributed by atoms with Crippen LogP contribution in [0.5, 0.6) is 0 Å². The van der Waals surface area contributed by atoms with Crippen molar-refractivity contribution in [3.05, 3.63) is 34.1 Å². The van der Waals surface area contributed by atoms with E-state index in [9.17, 15) is 4.39 Å². The van der Waals surface area contributed by atoms with Gasteiger partial charge in [-0.05, 0) is 40.0 Å². The van der Waals surface area contributed by atoms with E-state index in [4.69, 9.17) is 12.3 Å². The Morgan fingerprint density at radius 1 is 1.60 bits per heavy atom. The Bertz CT molecular complexity index is 373. The molecular weight excluding hydrogens is 259 g/mol. The van der Waals surface area contributed by atoms with Gasteiger partial charge in [-0.15, -0.1) is 12.3 Å². The number of rotatable bonds is 4. The smallest absolute Gasteiger partial charge is 0.137 e. The van der Waals surface area contributed by atoms with Crippen LogP contribution in [-0.4, -0.2) is 0 Å². The number of hydrogen-bond acceptors (Lipinski definition) is 2. The molecule has 0 bridgehead atoms. The first-order valence-corrected chi connectivity index (χ1v) is 5.33. The maximum absolute atomic E-state index is 13.0. The summed E-state index contributed by atoms with van der Waals surface area (Å²) < 4.78 is 13.4. The van der Waals surface area contributed by atoms with Crippen molar-refractivity contribution in [2.24, 2.45) is 5.84 Å². The molecule has 0 aliphatic heterocycles.